The van der Waals surface area contributed by atoms with Gasteiger partial charge in [0.2, 0.25) is 0 Å². The summed E-state index contributed by atoms with van der Waals surface area (Å²) in [5, 5.41) is 90.0. The Morgan fingerprint density at radius 1 is 0.354 bits per heavy atom. The van der Waals surface area contributed by atoms with E-state index in [1.807, 2.05) is 0 Å². The van der Waals surface area contributed by atoms with E-state index in [1.54, 1.807) is 0 Å². The van der Waals surface area contributed by atoms with Gasteiger partial charge in [0.15, 0.2) is 5.60 Å². The molecule has 0 radical (unpaired) electrons. The van der Waals surface area contributed by atoms with Crippen molar-refractivity contribution in [1.29, 1.82) is 0 Å². The van der Waals surface area contributed by atoms with Crippen LogP contribution in [0.4, 0.5) is 0 Å². The number of rotatable bonds is 40. The number of carboxylic acid groups (broad SMARTS) is 6. The third-order valence-electron chi connectivity index (χ3n) is 10.1. The molecule has 0 heterocycles. The van der Waals surface area contributed by atoms with Gasteiger partial charge in [-0.25, -0.2) is 4.79 Å². The fraction of sp³-hybridized carbons (Fsp3) is 0.870. The van der Waals surface area contributed by atoms with Crippen LogP contribution in [0.5, 0.6) is 0 Å². The summed E-state index contributed by atoms with van der Waals surface area (Å²) in [4.78, 5) is 60.5. The van der Waals surface area contributed by atoms with Gasteiger partial charge in [0.1, 0.15) is 5.60 Å². The van der Waals surface area contributed by atoms with E-state index >= 15 is 0 Å². The van der Waals surface area contributed by atoms with Crippen molar-refractivity contribution < 1.29 is 169 Å². The zero-order valence-electron chi connectivity index (χ0n) is 41.3. The van der Waals surface area contributed by atoms with Gasteiger partial charge in [-0.05, 0) is 12.8 Å². The largest absolute Gasteiger partial charge is 1.00 e. The molecule has 19 heteroatoms. The number of hydrogen-bond acceptors (Lipinski definition) is 13. The molecule has 0 aliphatic heterocycles. The second kappa shape index (κ2) is 58.0. The van der Waals surface area contributed by atoms with E-state index in [9.17, 15) is 44.1 Å². The van der Waals surface area contributed by atoms with Crippen LogP contribution in [0.2, 0.25) is 0 Å². The SMILES string of the molecule is CCCCCCCCCCCCCCCCCCO.CCCCCCCCCCCCCCCCO.O=C(O)CC(O)(CC(=O)O)C(=O)O.O=C([O-])CC(O)(CC(=O)[O-])C(=O)[O-].[Na+].[Na+].[Na+]. The normalized spacial score (nSPS) is 10.4. The summed E-state index contributed by atoms with van der Waals surface area (Å²) in [6.45, 7) is 5.31. The third kappa shape index (κ3) is 63.7. The van der Waals surface area contributed by atoms with E-state index in [0.717, 1.165) is 12.8 Å². The molecule has 0 aliphatic rings. The molecule has 0 aromatic rings. The molecule has 0 atom stereocenters. The van der Waals surface area contributed by atoms with E-state index < -0.39 is 72.7 Å². The average Bonchev–Trinajstić information content (AvgIpc) is 3.17. The van der Waals surface area contributed by atoms with Crippen LogP contribution in [0.3, 0.4) is 0 Å². The predicted octanol–water partition coefficient (Wildman–Crippen LogP) is -3.79. The molecule has 0 amide bonds. The van der Waals surface area contributed by atoms with Crippen LogP contribution in [0, 0.1) is 0 Å². The maximum absolute atomic E-state index is 10.3. The predicted molar refractivity (Wildman–Crippen MR) is 230 cm³/mol. The summed E-state index contributed by atoms with van der Waals surface area (Å²) in [7, 11) is 0. The van der Waals surface area contributed by atoms with Gasteiger partial charge < -0.3 is 65.4 Å². The van der Waals surface area contributed by atoms with Crippen LogP contribution >= 0.6 is 0 Å². The van der Waals surface area contributed by atoms with Gasteiger partial charge in [-0.3, -0.25) is 9.59 Å². The number of aliphatic carboxylic acids is 6. The van der Waals surface area contributed by atoms with Crippen LogP contribution in [0.25, 0.3) is 0 Å². The zero-order valence-corrected chi connectivity index (χ0v) is 47.3. The molecule has 0 saturated heterocycles. The Morgan fingerprint density at radius 3 is 0.692 bits per heavy atom. The quantitative estimate of drug-likeness (QED) is 0.0229. The molecule has 0 bridgehead atoms. The summed E-state index contributed by atoms with van der Waals surface area (Å²) in [5.41, 5.74) is -5.71. The second-order valence-corrected chi connectivity index (χ2v) is 16.2. The smallest absolute Gasteiger partial charge is 0.550 e. The molecule has 0 rings (SSSR count). The minimum Gasteiger partial charge on any atom is -0.550 e. The third-order valence-corrected chi connectivity index (χ3v) is 10.1. The van der Waals surface area contributed by atoms with E-state index in [4.69, 9.17) is 35.7 Å². The Hall–Kier alpha value is -0.340. The van der Waals surface area contributed by atoms with Crippen LogP contribution in [0.1, 0.15) is 232 Å². The Morgan fingerprint density at radius 2 is 0.554 bits per heavy atom. The van der Waals surface area contributed by atoms with Crippen LogP contribution < -0.4 is 104 Å². The second-order valence-electron chi connectivity index (χ2n) is 16.2. The van der Waals surface area contributed by atoms with E-state index in [0.29, 0.717) is 13.2 Å². The molecule has 0 aromatic carbocycles. The van der Waals surface area contributed by atoms with Crippen molar-refractivity contribution in [2.75, 3.05) is 13.2 Å². The monoisotopic (exact) mass is 963 g/mol. The van der Waals surface area contributed by atoms with Gasteiger partial charge in [0.05, 0.1) is 18.8 Å². The molecule has 0 aromatic heterocycles. The molecular formula is C46H85Na3O16. The van der Waals surface area contributed by atoms with Crippen molar-refractivity contribution in [3.63, 3.8) is 0 Å². The molecule has 65 heavy (non-hydrogen) atoms. The molecule has 0 spiro atoms. The molecule has 0 aliphatic carbocycles. The van der Waals surface area contributed by atoms with Crippen molar-refractivity contribution in [1.82, 2.24) is 0 Å². The van der Waals surface area contributed by atoms with Crippen LogP contribution in [-0.2, 0) is 28.8 Å². The summed E-state index contributed by atoms with van der Waals surface area (Å²) in [6.07, 6.45) is 36.4. The number of carbonyl (C=O) groups excluding carboxylic acids is 3. The van der Waals surface area contributed by atoms with Gasteiger partial charge in [0.25, 0.3) is 0 Å². The van der Waals surface area contributed by atoms with Crippen LogP contribution in [-0.4, -0.2) is 96.0 Å². The first-order chi connectivity index (χ1) is 29.4. The minimum atomic E-state index is -2.97. The maximum atomic E-state index is 10.3. The standard InChI is InChI=1S/C18H38O.C16H34O.2C6H8O7.3Na/c1-2-3-4-5-6-7-8-9-10-11-12-13-14-15-16-17-18-19;1-2-3-4-5-6-7-8-9-10-11-12-13-14-15-16-17;2*7-3(8)1-6(13,5(11)12)2-4(9)10;;;/h19H,2-18H2,1H3;17H,2-16H2,1H3;2*13H,1-2H2,(H,7,8)(H,9,10)(H,11,12);;;/q;;;;3*+1/p-3. The fourth-order valence-electron chi connectivity index (χ4n) is 6.36. The summed E-state index contributed by atoms with van der Waals surface area (Å²) >= 11 is 0. The van der Waals surface area contributed by atoms with E-state index in [2.05, 4.69) is 13.8 Å². The average molecular weight is 963 g/mol. The van der Waals surface area contributed by atoms with Gasteiger partial charge in [-0.1, -0.05) is 194 Å². The molecule has 7 N–H and O–H groups in total. The molecule has 0 fully saturated rings. The minimum absolute atomic E-state index is 0. The summed E-state index contributed by atoms with van der Waals surface area (Å²) < 4.78 is 0. The summed E-state index contributed by atoms with van der Waals surface area (Å²) in [5.74, 6) is -11.0. The molecule has 0 unspecified atom stereocenters. The van der Waals surface area contributed by atoms with Gasteiger partial charge in [-0.15, -0.1) is 0 Å². The van der Waals surface area contributed by atoms with Crippen molar-refractivity contribution in [3.05, 3.63) is 0 Å². The number of unbranched alkanes of at least 4 members (excludes halogenated alkanes) is 28. The zero-order chi connectivity index (χ0) is 47.9. The van der Waals surface area contributed by atoms with Crippen molar-refractivity contribution in [2.45, 2.75) is 243 Å². The number of carboxylic acids is 6. The molecule has 16 nitrogen and oxygen atoms in total. The van der Waals surface area contributed by atoms with E-state index in [-0.39, 0.29) is 88.7 Å². The van der Waals surface area contributed by atoms with Crippen molar-refractivity contribution in [2.24, 2.45) is 0 Å². The Kier molecular flexibility index (Phi) is 70.3. The summed E-state index contributed by atoms with van der Waals surface area (Å²) in [6, 6.07) is 0. The van der Waals surface area contributed by atoms with Crippen molar-refractivity contribution in [3.8, 4) is 0 Å². The number of hydrogen-bond donors (Lipinski definition) is 7. The van der Waals surface area contributed by atoms with Gasteiger partial charge in [0, 0.05) is 38.0 Å². The molecule has 368 valence electrons. The molecular weight excluding hydrogens is 877 g/mol. The maximum Gasteiger partial charge on any atom is 1.00 e. The number of aliphatic hydroxyl groups is 4. The number of carbonyl (C=O) groups is 6. The first kappa shape index (κ1) is 78.8. The van der Waals surface area contributed by atoms with Gasteiger partial charge >= 0.3 is 107 Å². The fourth-order valence-corrected chi connectivity index (χ4v) is 6.36. The topological polar surface area (TPSA) is 313 Å². The number of aliphatic hydroxyl groups excluding tert-OH is 2. The van der Waals surface area contributed by atoms with Crippen LogP contribution in [0.15, 0.2) is 0 Å². The molecule has 0 saturated carbocycles. The van der Waals surface area contributed by atoms with Gasteiger partial charge in [-0.2, -0.15) is 0 Å². The van der Waals surface area contributed by atoms with E-state index in [1.165, 1.54) is 180 Å². The Labute approximate surface area is 456 Å². The van der Waals surface area contributed by atoms with Crippen molar-refractivity contribution >= 4 is 35.8 Å². The first-order valence-corrected chi connectivity index (χ1v) is 23.3. The Bertz CT molecular complexity index is 1000. The first-order valence-electron chi connectivity index (χ1n) is 23.3. The Balaban J connectivity index is -0.000000138.